The molecule has 4 aliphatic heterocycles. The predicted octanol–water partition coefficient (Wildman–Crippen LogP) is 5.77. The molecule has 6 unspecified atom stereocenters. The molecule has 0 spiro atoms. The van der Waals surface area contributed by atoms with Crippen molar-refractivity contribution in [3.8, 4) is 17.2 Å². The number of allylic oxidation sites excluding steroid dienone is 5. The van der Waals surface area contributed by atoms with Crippen molar-refractivity contribution in [3.05, 3.63) is 121 Å². The molecule has 0 radical (unpaired) electrons. The van der Waals surface area contributed by atoms with Crippen LogP contribution in [0.4, 0.5) is 0 Å². The molecule has 3 aromatic rings. The summed E-state index contributed by atoms with van der Waals surface area (Å²) in [5, 5.41) is 40.1. The fourth-order valence-corrected chi connectivity index (χ4v) is 10.9. The summed E-state index contributed by atoms with van der Waals surface area (Å²) in [4.78, 5) is 28.5. The minimum Gasteiger partial charge on any atom is -0.508 e. The van der Waals surface area contributed by atoms with Crippen LogP contribution in [0.5, 0.6) is 17.2 Å². The third kappa shape index (κ3) is 6.79. The normalized spacial score (nSPS) is 27.9. The third-order valence-corrected chi connectivity index (χ3v) is 13.9. The largest absolute Gasteiger partial charge is 0.508 e. The van der Waals surface area contributed by atoms with Crippen molar-refractivity contribution in [2.24, 2.45) is 29.2 Å². The first-order valence-corrected chi connectivity index (χ1v) is 21.1. The van der Waals surface area contributed by atoms with E-state index in [0.717, 1.165) is 60.0 Å². The van der Waals surface area contributed by atoms with Crippen LogP contribution in [0.15, 0.2) is 92.1 Å². The Balaban J connectivity index is 1.34. The van der Waals surface area contributed by atoms with E-state index < -0.39 is 35.6 Å². The Morgan fingerprint density at radius 2 is 1.93 bits per heavy atom. The summed E-state index contributed by atoms with van der Waals surface area (Å²) < 4.78 is 20.6. The Morgan fingerprint density at radius 3 is 2.68 bits per heavy atom. The number of aliphatic hydroxyl groups excluding tert-OH is 1. The van der Waals surface area contributed by atoms with Crippen molar-refractivity contribution in [2.45, 2.75) is 108 Å². The molecule has 9 rings (SSSR count). The van der Waals surface area contributed by atoms with Gasteiger partial charge in [0.05, 0.1) is 6.17 Å². The number of rotatable bonds is 6. The lowest BCUT2D eigenvalue weighted by Crippen LogP contribution is -2.57. The highest BCUT2D eigenvalue weighted by Crippen LogP contribution is 2.57. The first kappa shape index (κ1) is 39.0. The monoisotopic (exact) mass is 802 g/mol. The van der Waals surface area contributed by atoms with Gasteiger partial charge >= 0.3 is 5.97 Å². The fourth-order valence-electron chi connectivity index (χ4n) is 10.9. The standard InChI is InChI=1S/C47H54N4O8/c1-3-32(26-6-4-5-7-26)46(56)58-37-21-35-42(55)41-36(54)20-31(23-52)57-44(41)40-34-19-28-18-30(53)12-11-25(28)9-10-27(39-33(34)14-15-50-45(39)49)17-29(47(37,2)59-43(35)40)16-24-8-13-38(48)51-22-24/h3,8,11-14,18,20,22,26-27,29,34,37-38,50-53,55H,4-7,9-10,15-17,19,21,23,48-49H2,1-2H3. The maximum atomic E-state index is 14.4. The van der Waals surface area contributed by atoms with Gasteiger partial charge in [-0.1, -0.05) is 37.1 Å². The number of dihydropyridines is 2. The van der Waals surface area contributed by atoms with Crippen LogP contribution in [0.1, 0.15) is 92.7 Å². The van der Waals surface area contributed by atoms with Gasteiger partial charge in [0.25, 0.3) is 0 Å². The van der Waals surface area contributed by atoms with E-state index in [1.54, 1.807) is 12.1 Å². The molecule has 0 amide bonds. The molecule has 310 valence electrons. The Morgan fingerprint density at radius 1 is 1.12 bits per heavy atom. The molecule has 12 heteroatoms. The highest BCUT2D eigenvalue weighted by molar-refractivity contribution is 5.92. The van der Waals surface area contributed by atoms with Crippen LogP contribution in [0.3, 0.4) is 0 Å². The average molecular weight is 803 g/mol. The van der Waals surface area contributed by atoms with Crippen LogP contribution < -0.4 is 32.3 Å². The molecule has 0 saturated heterocycles. The molecular weight excluding hydrogens is 749 g/mol. The first-order valence-electron chi connectivity index (χ1n) is 21.1. The summed E-state index contributed by atoms with van der Waals surface area (Å²) in [6, 6.07) is 6.69. The summed E-state index contributed by atoms with van der Waals surface area (Å²) in [7, 11) is 0. The van der Waals surface area contributed by atoms with Crippen LogP contribution >= 0.6 is 0 Å². The number of aliphatic hydroxyl groups is 1. The van der Waals surface area contributed by atoms with Gasteiger partial charge in [0.15, 0.2) is 5.43 Å². The molecule has 1 fully saturated rings. The topological polar surface area (TPSA) is 203 Å². The second-order valence-corrected chi connectivity index (χ2v) is 17.3. The number of benzene rings is 2. The van der Waals surface area contributed by atoms with Gasteiger partial charge in [0.1, 0.15) is 58.1 Å². The number of hydrogen-bond donors (Lipinski definition) is 7. The molecule has 12 nitrogen and oxygen atoms in total. The molecule has 4 bridgehead atoms. The summed E-state index contributed by atoms with van der Waals surface area (Å²) in [5.74, 6) is -0.457. The molecule has 9 N–H and O–H groups in total. The van der Waals surface area contributed by atoms with E-state index in [2.05, 4.69) is 16.7 Å². The molecule has 2 aromatic carbocycles. The number of ether oxygens (including phenoxy) is 2. The lowest BCUT2D eigenvalue weighted by atomic mass is 9.67. The number of fused-ring (bicyclic) bond motifs is 5. The maximum Gasteiger partial charge on any atom is 0.334 e. The van der Waals surface area contributed by atoms with Gasteiger partial charge < -0.3 is 51.3 Å². The van der Waals surface area contributed by atoms with Crippen molar-refractivity contribution in [1.82, 2.24) is 10.6 Å². The Kier molecular flexibility index (Phi) is 10.1. The van der Waals surface area contributed by atoms with E-state index >= 15 is 0 Å². The van der Waals surface area contributed by atoms with Gasteiger partial charge in [0.2, 0.25) is 0 Å². The molecule has 1 aromatic heterocycles. The van der Waals surface area contributed by atoms with Crippen molar-refractivity contribution >= 4 is 16.9 Å². The van der Waals surface area contributed by atoms with Crippen LogP contribution in [-0.2, 0) is 35.4 Å². The Hall–Kier alpha value is -5.46. The van der Waals surface area contributed by atoms with Crippen molar-refractivity contribution in [2.75, 3.05) is 6.54 Å². The molecule has 6 atom stereocenters. The number of carbonyl (C=O) groups excluding carboxylic acids is 1. The quantitative estimate of drug-likeness (QED) is 0.117. The molecule has 1 saturated carbocycles. The van der Waals surface area contributed by atoms with Crippen molar-refractivity contribution in [3.63, 3.8) is 0 Å². The number of phenols is 2. The van der Waals surface area contributed by atoms with Crippen LogP contribution in [0.2, 0.25) is 0 Å². The minimum absolute atomic E-state index is 0.0394. The minimum atomic E-state index is -1.18. The fraction of sp³-hybridized carbons (Fsp3) is 0.447. The highest BCUT2D eigenvalue weighted by atomic mass is 16.6. The van der Waals surface area contributed by atoms with Gasteiger partial charge in [-0.05, 0) is 117 Å². The van der Waals surface area contributed by atoms with E-state index in [4.69, 9.17) is 25.4 Å². The van der Waals surface area contributed by atoms with E-state index in [-0.39, 0.29) is 58.6 Å². The number of aromatic hydroxyl groups is 2. The lowest BCUT2D eigenvalue weighted by molar-refractivity contribution is -0.166. The zero-order valence-electron chi connectivity index (χ0n) is 33.7. The third-order valence-electron chi connectivity index (χ3n) is 13.9. The van der Waals surface area contributed by atoms with E-state index in [1.807, 2.05) is 44.3 Å². The molecular formula is C47H54N4O8. The number of phenolic OH excluding ortho intramolecular Hbond substituents is 2. The SMILES string of the molecule is CC=C(C(=O)OC1Cc2c3c(c4oc(CO)cc(=O)c4c2O)C2Cc4cc(O)ccc4CCC(CC(CC4=CNC(N)C=C4)C1(C)O3)C1=C(N)NCC=C12)C1CCCC1. The maximum absolute atomic E-state index is 14.4. The predicted molar refractivity (Wildman–Crippen MR) is 223 cm³/mol. The van der Waals surface area contributed by atoms with Gasteiger partial charge in [-0.15, -0.1) is 0 Å². The average Bonchev–Trinajstić information content (AvgIpc) is 3.76. The number of nitrogens with one attached hydrogen (secondary N) is 2. The number of hydrogen-bond acceptors (Lipinski definition) is 12. The van der Waals surface area contributed by atoms with Crippen molar-refractivity contribution < 1.29 is 34.0 Å². The van der Waals surface area contributed by atoms with Crippen LogP contribution in [0, 0.1) is 17.8 Å². The number of esters is 1. The van der Waals surface area contributed by atoms with E-state index in [9.17, 15) is 24.9 Å². The van der Waals surface area contributed by atoms with Crippen LogP contribution in [-0.4, -0.2) is 45.7 Å². The van der Waals surface area contributed by atoms with Gasteiger partial charge in [-0.2, -0.15) is 0 Å². The highest BCUT2D eigenvalue weighted by Gasteiger charge is 2.54. The number of aryl methyl sites for hydroxylation is 1. The Labute approximate surface area is 343 Å². The summed E-state index contributed by atoms with van der Waals surface area (Å²) in [5.41, 5.74) is 18.1. The number of nitrogens with two attached hydrogens (primary N) is 2. The zero-order chi connectivity index (χ0) is 41.2. The second kappa shape index (κ2) is 15.3. The number of carbonyl (C=O) groups is 1. The van der Waals surface area contributed by atoms with Crippen molar-refractivity contribution in [1.29, 1.82) is 0 Å². The molecule has 5 heterocycles. The first-order chi connectivity index (χ1) is 28.5. The van der Waals surface area contributed by atoms with Gasteiger partial charge in [-0.25, -0.2) is 4.79 Å². The molecule has 6 aliphatic rings. The second-order valence-electron chi connectivity index (χ2n) is 17.3. The van der Waals surface area contributed by atoms with E-state index in [0.29, 0.717) is 60.5 Å². The van der Waals surface area contributed by atoms with E-state index in [1.165, 1.54) is 6.07 Å². The van der Waals surface area contributed by atoms with Gasteiger partial charge in [0, 0.05) is 53.8 Å². The summed E-state index contributed by atoms with van der Waals surface area (Å²) in [6.07, 6.45) is 15.6. The summed E-state index contributed by atoms with van der Waals surface area (Å²) >= 11 is 0. The van der Waals surface area contributed by atoms with Gasteiger partial charge in [-0.3, -0.25) is 4.79 Å². The Bertz CT molecular complexity index is 2440. The molecule has 59 heavy (non-hydrogen) atoms. The summed E-state index contributed by atoms with van der Waals surface area (Å²) in [6.45, 7) is 3.81. The smallest absolute Gasteiger partial charge is 0.334 e. The molecule has 2 aliphatic carbocycles. The zero-order valence-corrected chi connectivity index (χ0v) is 33.7. The van der Waals surface area contributed by atoms with Crippen LogP contribution in [0.25, 0.3) is 11.0 Å². The lowest BCUT2D eigenvalue weighted by Gasteiger charge is -2.49.